The van der Waals surface area contributed by atoms with Crippen molar-refractivity contribution in [2.45, 2.75) is 13.3 Å². The molecule has 2 aromatic rings. The van der Waals surface area contributed by atoms with E-state index in [1.54, 1.807) is 31.5 Å². The number of hydrogen-bond donors (Lipinski definition) is 2. The largest absolute Gasteiger partial charge is 0.496 e. The van der Waals surface area contributed by atoms with E-state index in [0.29, 0.717) is 17.1 Å². The third kappa shape index (κ3) is 2.34. The maximum atomic E-state index is 12.1. The van der Waals surface area contributed by atoms with Gasteiger partial charge in [0.2, 0.25) is 0 Å². The molecule has 18 heavy (non-hydrogen) atoms. The zero-order valence-electron chi connectivity index (χ0n) is 10.4. The number of nitrogens with one attached hydrogen (secondary N) is 2. The van der Waals surface area contributed by atoms with Gasteiger partial charge < -0.3 is 10.1 Å². The SMILES string of the molecule is CCc1cn[nH]c1NC(=O)c1ccccc1OC. The molecule has 94 valence electrons. The molecule has 0 aliphatic carbocycles. The molecule has 0 bridgehead atoms. The van der Waals surface area contributed by atoms with Crippen LogP contribution >= 0.6 is 0 Å². The van der Waals surface area contributed by atoms with E-state index in [4.69, 9.17) is 4.74 Å². The lowest BCUT2D eigenvalue weighted by Gasteiger charge is -2.08. The lowest BCUT2D eigenvalue weighted by molar-refractivity contribution is 0.102. The monoisotopic (exact) mass is 245 g/mol. The number of ether oxygens (including phenoxy) is 1. The van der Waals surface area contributed by atoms with Gasteiger partial charge in [-0.1, -0.05) is 19.1 Å². The maximum absolute atomic E-state index is 12.1. The molecule has 5 nitrogen and oxygen atoms in total. The molecule has 0 aliphatic heterocycles. The standard InChI is InChI=1S/C13H15N3O2/c1-3-9-8-14-16-12(9)15-13(17)10-6-4-5-7-11(10)18-2/h4-8H,3H2,1-2H3,(H2,14,15,16,17). The zero-order valence-corrected chi connectivity index (χ0v) is 10.4. The second-order valence-corrected chi connectivity index (χ2v) is 3.78. The van der Waals surface area contributed by atoms with E-state index in [1.165, 1.54) is 0 Å². The van der Waals surface area contributed by atoms with E-state index in [9.17, 15) is 4.79 Å². The van der Waals surface area contributed by atoms with Gasteiger partial charge in [-0.15, -0.1) is 0 Å². The summed E-state index contributed by atoms with van der Waals surface area (Å²) < 4.78 is 5.16. The molecule has 1 heterocycles. The average Bonchev–Trinajstić information content (AvgIpc) is 2.85. The van der Waals surface area contributed by atoms with Crippen LogP contribution in [0.3, 0.4) is 0 Å². The fraction of sp³-hybridized carbons (Fsp3) is 0.231. The van der Waals surface area contributed by atoms with Gasteiger partial charge in [0.05, 0.1) is 18.9 Å². The quantitative estimate of drug-likeness (QED) is 0.868. The van der Waals surface area contributed by atoms with Crippen molar-refractivity contribution in [1.82, 2.24) is 10.2 Å². The second-order valence-electron chi connectivity index (χ2n) is 3.78. The molecule has 2 rings (SSSR count). The molecular weight excluding hydrogens is 230 g/mol. The Bertz CT molecular complexity index is 549. The Morgan fingerprint density at radius 2 is 2.22 bits per heavy atom. The number of methoxy groups -OCH3 is 1. The van der Waals surface area contributed by atoms with Gasteiger partial charge >= 0.3 is 0 Å². The van der Waals surface area contributed by atoms with E-state index >= 15 is 0 Å². The van der Waals surface area contributed by atoms with Crippen molar-refractivity contribution >= 4 is 11.7 Å². The predicted octanol–water partition coefficient (Wildman–Crippen LogP) is 2.23. The minimum absolute atomic E-state index is 0.216. The fourth-order valence-corrected chi connectivity index (χ4v) is 1.70. The first-order chi connectivity index (χ1) is 8.76. The van der Waals surface area contributed by atoms with Crippen LogP contribution in [0.4, 0.5) is 5.82 Å². The fourth-order valence-electron chi connectivity index (χ4n) is 1.70. The van der Waals surface area contributed by atoms with Gasteiger partial charge in [0.15, 0.2) is 0 Å². The molecule has 0 saturated carbocycles. The molecule has 0 saturated heterocycles. The number of nitrogens with zero attached hydrogens (tertiary/aromatic N) is 1. The number of amides is 1. The predicted molar refractivity (Wildman–Crippen MR) is 68.9 cm³/mol. The van der Waals surface area contributed by atoms with Gasteiger partial charge in [-0.3, -0.25) is 9.89 Å². The molecule has 2 N–H and O–H groups in total. The lowest BCUT2D eigenvalue weighted by Crippen LogP contribution is -2.14. The maximum Gasteiger partial charge on any atom is 0.260 e. The van der Waals surface area contributed by atoms with Gasteiger partial charge in [0.1, 0.15) is 11.6 Å². The number of carbonyl (C=O) groups is 1. The van der Waals surface area contributed by atoms with Crippen LogP contribution in [0.2, 0.25) is 0 Å². The van der Waals surface area contributed by atoms with Crippen molar-refractivity contribution < 1.29 is 9.53 Å². The number of H-pyrrole nitrogens is 1. The smallest absolute Gasteiger partial charge is 0.260 e. The molecule has 1 aromatic heterocycles. The number of rotatable bonds is 4. The number of carbonyl (C=O) groups excluding carboxylic acids is 1. The molecule has 0 aliphatic rings. The molecule has 0 fully saturated rings. The summed E-state index contributed by atoms with van der Waals surface area (Å²) in [6.07, 6.45) is 2.51. The zero-order chi connectivity index (χ0) is 13.0. The van der Waals surface area contributed by atoms with E-state index in [-0.39, 0.29) is 5.91 Å². The van der Waals surface area contributed by atoms with Crippen molar-refractivity contribution in [3.8, 4) is 5.75 Å². The number of anilines is 1. The number of hydrogen-bond acceptors (Lipinski definition) is 3. The summed E-state index contributed by atoms with van der Waals surface area (Å²) in [5.74, 6) is 0.965. The minimum atomic E-state index is -0.216. The van der Waals surface area contributed by atoms with Crippen LogP contribution in [-0.2, 0) is 6.42 Å². The molecule has 0 radical (unpaired) electrons. The first-order valence-electron chi connectivity index (χ1n) is 5.72. The lowest BCUT2D eigenvalue weighted by atomic mass is 10.2. The first-order valence-corrected chi connectivity index (χ1v) is 5.72. The van der Waals surface area contributed by atoms with Crippen LogP contribution < -0.4 is 10.1 Å². The Labute approximate surface area is 105 Å². The highest BCUT2D eigenvalue weighted by Crippen LogP contribution is 2.19. The van der Waals surface area contributed by atoms with Crippen LogP contribution in [0.15, 0.2) is 30.5 Å². The Kier molecular flexibility index (Phi) is 3.62. The van der Waals surface area contributed by atoms with Crippen LogP contribution in [0.1, 0.15) is 22.8 Å². The Morgan fingerprint density at radius 3 is 2.94 bits per heavy atom. The number of aromatic nitrogens is 2. The highest BCUT2D eigenvalue weighted by molar-refractivity contribution is 6.06. The number of aromatic amines is 1. The number of aryl methyl sites for hydroxylation is 1. The van der Waals surface area contributed by atoms with E-state index in [0.717, 1.165) is 12.0 Å². The van der Waals surface area contributed by atoms with Crippen LogP contribution in [0.5, 0.6) is 5.75 Å². The summed E-state index contributed by atoms with van der Waals surface area (Å²) in [6.45, 7) is 2.00. The van der Waals surface area contributed by atoms with Gasteiger partial charge in [-0.05, 0) is 18.6 Å². The first kappa shape index (κ1) is 12.2. The molecule has 0 spiro atoms. The van der Waals surface area contributed by atoms with Crippen LogP contribution in [0, 0.1) is 0 Å². The molecular formula is C13H15N3O2. The normalized spacial score (nSPS) is 10.1. The van der Waals surface area contributed by atoms with E-state index < -0.39 is 0 Å². The van der Waals surface area contributed by atoms with E-state index in [1.807, 2.05) is 13.0 Å². The summed E-state index contributed by atoms with van der Waals surface area (Å²) >= 11 is 0. The van der Waals surface area contributed by atoms with Crippen molar-refractivity contribution in [3.63, 3.8) is 0 Å². The van der Waals surface area contributed by atoms with Gasteiger partial charge in [0.25, 0.3) is 5.91 Å². The Hall–Kier alpha value is -2.30. The Morgan fingerprint density at radius 1 is 1.44 bits per heavy atom. The molecule has 0 unspecified atom stereocenters. The molecule has 5 heteroatoms. The molecule has 1 aromatic carbocycles. The molecule has 0 atom stereocenters. The van der Waals surface area contributed by atoms with Gasteiger partial charge in [-0.2, -0.15) is 5.10 Å². The van der Waals surface area contributed by atoms with Crippen LogP contribution in [-0.4, -0.2) is 23.2 Å². The van der Waals surface area contributed by atoms with Crippen molar-refractivity contribution in [2.24, 2.45) is 0 Å². The average molecular weight is 245 g/mol. The summed E-state index contributed by atoms with van der Waals surface area (Å²) in [5.41, 5.74) is 1.47. The second kappa shape index (κ2) is 5.35. The summed E-state index contributed by atoms with van der Waals surface area (Å²) in [5, 5.41) is 9.48. The highest BCUT2D eigenvalue weighted by Gasteiger charge is 2.13. The summed E-state index contributed by atoms with van der Waals surface area (Å²) in [6, 6.07) is 7.09. The summed E-state index contributed by atoms with van der Waals surface area (Å²) in [7, 11) is 1.54. The molecule has 1 amide bonds. The van der Waals surface area contributed by atoms with Gasteiger partial charge in [-0.25, -0.2) is 0 Å². The number of benzene rings is 1. The minimum Gasteiger partial charge on any atom is -0.496 e. The Balaban J connectivity index is 2.22. The highest BCUT2D eigenvalue weighted by atomic mass is 16.5. The third-order valence-corrected chi connectivity index (χ3v) is 2.69. The van der Waals surface area contributed by atoms with Gasteiger partial charge in [0, 0.05) is 5.56 Å². The number of para-hydroxylation sites is 1. The third-order valence-electron chi connectivity index (χ3n) is 2.69. The van der Waals surface area contributed by atoms with Crippen molar-refractivity contribution in [3.05, 3.63) is 41.6 Å². The topological polar surface area (TPSA) is 67.0 Å². The summed E-state index contributed by atoms with van der Waals surface area (Å²) in [4.78, 5) is 12.1. The van der Waals surface area contributed by atoms with Crippen molar-refractivity contribution in [2.75, 3.05) is 12.4 Å². The van der Waals surface area contributed by atoms with E-state index in [2.05, 4.69) is 15.5 Å². The van der Waals surface area contributed by atoms with Crippen LogP contribution in [0.25, 0.3) is 0 Å². The van der Waals surface area contributed by atoms with Crippen molar-refractivity contribution in [1.29, 1.82) is 0 Å².